The molecule has 76 valence electrons. The van der Waals surface area contributed by atoms with Gasteiger partial charge in [0.2, 0.25) is 0 Å². The van der Waals surface area contributed by atoms with Crippen molar-refractivity contribution in [3.63, 3.8) is 0 Å². The van der Waals surface area contributed by atoms with E-state index in [9.17, 15) is 4.79 Å². The summed E-state index contributed by atoms with van der Waals surface area (Å²) in [6.07, 6.45) is 0.372. The Bertz CT molecular complexity index is 295. The lowest BCUT2D eigenvalue weighted by molar-refractivity contribution is 0.203. The molecular formula is C10H14N2O2. The van der Waals surface area contributed by atoms with Crippen molar-refractivity contribution >= 4 is 6.09 Å². The van der Waals surface area contributed by atoms with Crippen LogP contribution in [0.5, 0.6) is 5.75 Å². The first kappa shape index (κ1) is 10.5. The lowest BCUT2D eigenvalue weighted by Gasteiger charge is -2.04. The zero-order valence-electron chi connectivity index (χ0n) is 8.12. The maximum atomic E-state index is 10.8. The molecule has 0 fully saturated rings. The fourth-order valence-corrected chi connectivity index (χ4v) is 1.05. The quantitative estimate of drug-likeness (QED) is 0.751. The van der Waals surface area contributed by atoms with Crippen LogP contribution in [-0.4, -0.2) is 19.7 Å². The number of amides is 1. The standard InChI is InChI=1S/C10H14N2O2/c1-12-10(13)14-9-4-2-8(3-5-9)6-7-11/h2-5H,6-7,11H2,1H3,(H,12,13). The number of hydrogen-bond acceptors (Lipinski definition) is 3. The van der Waals surface area contributed by atoms with Gasteiger partial charge in [-0.2, -0.15) is 0 Å². The molecule has 0 aliphatic rings. The molecule has 1 rings (SSSR count). The Morgan fingerprint density at radius 1 is 1.43 bits per heavy atom. The van der Waals surface area contributed by atoms with Crippen molar-refractivity contribution in [2.24, 2.45) is 5.73 Å². The Kier molecular flexibility index (Phi) is 3.94. The van der Waals surface area contributed by atoms with E-state index >= 15 is 0 Å². The highest BCUT2D eigenvalue weighted by atomic mass is 16.5. The fraction of sp³-hybridized carbons (Fsp3) is 0.300. The lowest BCUT2D eigenvalue weighted by atomic mass is 10.1. The zero-order chi connectivity index (χ0) is 10.4. The van der Waals surface area contributed by atoms with E-state index in [0.29, 0.717) is 12.3 Å². The molecule has 1 amide bonds. The van der Waals surface area contributed by atoms with Gasteiger partial charge in [-0.15, -0.1) is 0 Å². The monoisotopic (exact) mass is 194 g/mol. The maximum Gasteiger partial charge on any atom is 0.412 e. The Balaban J connectivity index is 2.59. The number of nitrogens with one attached hydrogen (secondary N) is 1. The lowest BCUT2D eigenvalue weighted by Crippen LogP contribution is -2.21. The second-order valence-corrected chi connectivity index (χ2v) is 2.82. The minimum Gasteiger partial charge on any atom is -0.410 e. The highest BCUT2D eigenvalue weighted by Crippen LogP contribution is 2.12. The van der Waals surface area contributed by atoms with Crippen LogP contribution in [-0.2, 0) is 6.42 Å². The Hall–Kier alpha value is -1.55. The van der Waals surface area contributed by atoms with Crippen molar-refractivity contribution in [1.82, 2.24) is 5.32 Å². The molecule has 14 heavy (non-hydrogen) atoms. The topological polar surface area (TPSA) is 64.3 Å². The van der Waals surface area contributed by atoms with E-state index in [1.165, 1.54) is 7.05 Å². The fourth-order valence-electron chi connectivity index (χ4n) is 1.05. The number of ether oxygens (including phenoxy) is 1. The molecule has 0 heterocycles. The third-order valence-corrected chi connectivity index (χ3v) is 1.77. The molecule has 0 aliphatic heterocycles. The largest absolute Gasteiger partial charge is 0.412 e. The molecule has 0 unspecified atom stereocenters. The molecule has 1 aromatic rings. The summed E-state index contributed by atoms with van der Waals surface area (Å²) in [4.78, 5) is 10.8. The predicted molar refractivity (Wildman–Crippen MR) is 54.3 cm³/mol. The van der Waals surface area contributed by atoms with Crippen LogP contribution < -0.4 is 15.8 Å². The molecule has 0 spiro atoms. The van der Waals surface area contributed by atoms with Gasteiger partial charge in [0.1, 0.15) is 5.75 Å². The van der Waals surface area contributed by atoms with Gasteiger partial charge < -0.3 is 15.8 Å². The van der Waals surface area contributed by atoms with Gasteiger partial charge in [-0.25, -0.2) is 4.79 Å². The Labute approximate surface area is 83.1 Å². The summed E-state index contributed by atoms with van der Waals surface area (Å²) >= 11 is 0. The number of nitrogens with two attached hydrogens (primary N) is 1. The highest BCUT2D eigenvalue weighted by Gasteiger charge is 2.00. The molecule has 0 aliphatic carbocycles. The first-order chi connectivity index (χ1) is 6.76. The summed E-state index contributed by atoms with van der Waals surface area (Å²) in [5.74, 6) is 0.533. The normalized spacial score (nSPS) is 9.57. The first-order valence-electron chi connectivity index (χ1n) is 4.45. The van der Waals surface area contributed by atoms with Gasteiger partial charge in [0, 0.05) is 7.05 Å². The van der Waals surface area contributed by atoms with Crippen LogP contribution >= 0.6 is 0 Å². The Morgan fingerprint density at radius 3 is 2.57 bits per heavy atom. The average Bonchev–Trinajstić information content (AvgIpc) is 2.21. The van der Waals surface area contributed by atoms with E-state index in [2.05, 4.69) is 5.32 Å². The van der Waals surface area contributed by atoms with Crippen molar-refractivity contribution in [2.45, 2.75) is 6.42 Å². The van der Waals surface area contributed by atoms with E-state index < -0.39 is 6.09 Å². The second kappa shape index (κ2) is 5.24. The third kappa shape index (κ3) is 3.06. The van der Waals surface area contributed by atoms with Crippen molar-refractivity contribution in [3.8, 4) is 5.75 Å². The van der Waals surface area contributed by atoms with Gasteiger partial charge in [0.05, 0.1) is 0 Å². The van der Waals surface area contributed by atoms with Crippen LogP contribution in [0.2, 0.25) is 0 Å². The van der Waals surface area contributed by atoms with Crippen LogP contribution in [0.4, 0.5) is 4.79 Å². The molecule has 1 aromatic carbocycles. The number of hydrogen-bond donors (Lipinski definition) is 2. The van der Waals surface area contributed by atoms with E-state index in [4.69, 9.17) is 10.5 Å². The second-order valence-electron chi connectivity index (χ2n) is 2.82. The van der Waals surface area contributed by atoms with Crippen molar-refractivity contribution in [3.05, 3.63) is 29.8 Å². The molecule has 0 bridgehead atoms. The molecule has 4 nitrogen and oxygen atoms in total. The van der Waals surface area contributed by atoms with Crippen molar-refractivity contribution in [2.75, 3.05) is 13.6 Å². The summed E-state index contributed by atoms with van der Waals surface area (Å²) in [7, 11) is 1.52. The molecule has 0 saturated heterocycles. The predicted octanol–water partition coefficient (Wildman–Crippen LogP) is 0.906. The van der Waals surface area contributed by atoms with Gasteiger partial charge in [-0.1, -0.05) is 12.1 Å². The number of rotatable bonds is 3. The molecule has 0 saturated carbocycles. The number of carbonyl (C=O) groups is 1. The third-order valence-electron chi connectivity index (χ3n) is 1.77. The maximum absolute atomic E-state index is 10.8. The van der Waals surface area contributed by atoms with E-state index in [1.54, 1.807) is 12.1 Å². The van der Waals surface area contributed by atoms with Gasteiger partial charge in [0.25, 0.3) is 0 Å². The van der Waals surface area contributed by atoms with Crippen molar-refractivity contribution < 1.29 is 9.53 Å². The number of carbonyl (C=O) groups excluding carboxylic acids is 1. The van der Waals surface area contributed by atoms with Crippen LogP contribution in [0.3, 0.4) is 0 Å². The molecule has 3 N–H and O–H groups in total. The minimum absolute atomic E-state index is 0.462. The average molecular weight is 194 g/mol. The van der Waals surface area contributed by atoms with E-state index in [1.807, 2.05) is 12.1 Å². The summed E-state index contributed by atoms with van der Waals surface area (Å²) in [6.45, 7) is 0.621. The number of benzene rings is 1. The zero-order valence-corrected chi connectivity index (χ0v) is 8.12. The Morgan fingerprint density at radius 2 is 2.07 bits per heavy atom. The SMILES string of the molecule is CNC(=O)Oc1ccc(CCN)cc1. The molecule has 0 atom stereocenters. The van der Waals surface area contributed by atoms with Crippen LogP contribution in [0.1, 0.15) is 5.56 Å². The summed E-state index contributed by atoms with van der Waals surface area (Å²) in [5, 5.41) is 2.37. The summed E-state index contributed by atoms with van der Waals surface area (Å²) in [5.41, 5.74) is 6.54. The first-order valence-corrected chi connectivity index (χ1v) is 4.45. The highest BCUT2D eigenvalue weighted by molar-refractivity contribution is 5.69. The van der Waals surface area contributed by atoms with Gasteiger partial charge in [-0.05, 0) is 30.7 Å². The van der Waals surface area contributed by atoms with E-state index in [-0.39, 0.29) is 0 Å². The molecular weight excluding hydrogens is 180 g/mol. The van der Waals surface area contributed by atoms with Gasteiger partial charge in [0.15, 0.2) is 0 Å². The van der Waals surface area contributed by atoms with E-state index in [0.717, 1.165) is 12.0 Å². The minimum atomic E-state index is -0.462. The van der Waals surface area contributed by atoms with Gasteiger partial charge in [-0.3, -0.25) is 0 Å². The van der Waals surface area contributed by atoms with Gasteiger partial charge >= 0.3 is 6.09 Å². The van der Waals surface area contributed by atoms with Crippen molar-refractivity contribution in [1.29, 1.82) is 0 Å². The smallest absolute Gasteiger partial charge is 0.410 e. The van der Waals surface area contributed by atoms with Crippen LogP contribution in [0, 0.1) is 0 Å². The van der Waals surface area contributed by atoms with Crippen LogP contribution in [0.25, 0.3) is 0 Å². The summed E-state index contributed by atoms with van der Waals surface area (Å²) < 4.78 is 4.92. The molecule has 0 radical (unpaired) electrons. The molecule has 4 heteroatoms. The molecule has 0 aromatic heterocycles. The van der Waals surface area contributed by atoms with Crippen LogP contribution in [0.15, 0.2) is 24.3 Å². The summed E-state index contributed by atoms with van der Waals surface area (Å²) in [6, 6.07) is 7.29.